The highest BCUT2D eigenvalue weighted by Crippen LogP contribution is 2.11. The third-order valence-electron chi connectivity index (χ3n) is 2.53. The van der Waals surface area contributed by atoms with Gasteiger partial charge in [-0.05, 0) is 13.3 Å². The van der Waals surface area contributed by atoms with Crippen LogP contribution >= 0.6 is 0 Å². The molecule has 1 amide bonds. The van der Waals surface area contributed by atoms with Gasteiger partial charge in [-0.25, -0.2) is 4.98 Å². The van der Waals surface area contributed by atoms with Crippen LogP contribution in [0, 0.1) is 22.7 Å². The van der Waals surface area contributed by atoms with E-state index < -0.39 is 0 Å². The number of nitrogen functional groups attached to an aromatic ring is 1. The molecule has 0 aliphatic carbocycles. The van der Waals surface area contributed by atoms with Crippen molar-refractivity contribution < 1.29 is 4.79 Å². The predicted octanol–water partition coefficient (Wildman–Crippen LogP) is 0.123. The summed E-state index contributed by atoms with van der Waals surface area (Å²) in [6.45, 7) is 3.71. The van der Waals surface area contributed by atoms with E-state index in [-0.39, 0.29) is 35.8 Å². The molecule has 0 bridgehead atoms. The molecule has 1 aromatic heterocycles. The van der Waals surface area contributed by atoms with Gasteiger partial charge < -0.3 is 11.1 Å². The summed E-state index contributed by atoms with van der Waals surface area (Å²) in [5.74, 6) is -0.281. The minimum absolute atomic E-state index is 0.00861. The Morgan fingerprint density at radius 3 is 2.72 bits per heavy atom. The van der Waals surface area contributed by atoms with Gasteiger partial charge in [0.15, 0.2) is 11.4 Å². The van der Waals surface area contributed by atoms with Crippen LogP contribution in [0.2, 0.25) is 0 Å². The second-order valence-electron chi connectivity index (χ2n) is 3.85. The first-order chi connectivity index (χ1) is 8.53. The SMILES string of the molecule is CC[C@@H](C)NC(=O)Cn1c(N)nc(C#N)c1C#N. The molecule has 18 heavy (non-hydrogen) atoms. The molecule has 0 aliphatic heterocycles. The van der Waals surface area contributed by atoms with E-state index in [2.05, 4.69) is 10.3 Å². The topological polar surface area (TPSA) is 121 Å². The van der Waals surface area contributed by atoms with E-state index in [1.54, 1.807) is 6.07 Å². The normalized spacial score (nSPS) is 11.3. The molecule has 1 atom stereocenters. The van der Waals surface area contributed by atoms with Gasteiger partial charge in [0.25, 0.3) is 0 Å². The van der Waals surface area contributed by atoms with Crippen molar-refractivity contribution in [2.75, 3.05) is 5.73 Å². The number of nitrogens with one attached hydrogen (secondary N) is 1. The van der Waals surface area contributed by atoms with Crippen molar-refractivity contribution >= 4 is 11.9 Å². The highest BCUT2D eigenvalue weighted by Gasteiger charge is 2.17. The number of carbonyl (C=O) groups excluding carboxylic acids is 1. The largest absolute Gasteiger partial charge is 0.369 e. The lowest BCUT2D eigenvalue weighted by molar-refractivity contribution is -0.122. The van der Waals surface area contributed by atoms with Crippen molar-refractivity contribution in [2.24, 2.45) is 0 Å². The fourth-order valence-corrected chi connectivity index (χ4v) is 1.39. The summed E-state index contributed by atoms with van der Waals surface area (Å²) in [5.41, 5.74) is 5.52. The average molecular weight is 246 g/mol. The first-order valence-electron chi connectivity index (χ1n) is 5.49. The predicted molar refractivity (Wildman–Crippen MR) is 64.0 cm³/mol. The number of carbonyl (C=O) groups is 1. The molecule has 94 valence electrons. The van der Waals surface area contributed by atoms with Gasteiger partial charge in [-0.1, -0.05) is 6.92 Å². The number of anilines is 1. The lowest BCUT2D eigenvalue weighted by Gasteiger charge is -2.12. The molecule has 0 radical (unpaired) electrons. The maximum atomic E-state index is 11.7. The number of nitriles is 2. The molecule has 0 aromatic carbocycles. The van der Waals surface area contributed by atoms with E-state index in [4.69, 9.17) is 16.3 Å². The Bertz CT molecular complexity index is 533. The van der Waals surface area contributed by atoms with Crippen LogP contribution in [0.15, 0.2) is 0 Å². The maximum absolute atomic E-state index is 11.7. The van der Waals surface area contributed by atoms with Crippen LogP contribution in [0.1, 0.15) is 31.7 Å². The molecule has 0 unspecified atom stereocenters. The summed E-state index contributed by atoms with van der Waals surface area (Å²) in [6.07, 6.45) is 0.805. The van der Waals surface area contributed by atoms with E-state index in [9.17, 15) is 4.79 Å². The summed E-state index contributed by atoms with van der Waals surface area (Å²) in [5, 5.41) is 20.5. The number of imidazole rings is 1. The monoisotopic (exact) mass is 246 g/mol. The van der Waals surface area contributed by atoms with Crippen molar-refractivity contribution in [3.8, 4) is 12.1 Å². The van der Waals surface area contributed by atoms with Crippen molar-refractivity contribution in [1.82, 2.24) is 14.9 Å². The molecule has 0 spiro atoms. The molecule has 7 heteroatoms. The molecule has 0 saturated carbocycles. The van der Waals surface area contributed by atoms with Gasteiger partial charge in [-0.15, -0.1) is 0 Å². The number of nitrogens with two attached hydrogens (primary N) is 1. The minimum atomic E-state index is -0.269. The van der Waals surface area contributed by atoms with Crippen molar-refractivity contribution in [1.29, 1.82) is 10.5 Å². The lowest BCUT2D eigenvalue weighted by Crippen LogP contribution is -2.35. The maximum Gasteiger partial charge on any atom is 0.240 e. The number of rotatable bonds is 4. The smallest absolute Gasteiger partial charge is 0.240 e. The van der Waals surface area contributed by atoms with Crippen LogP contribution in [-0.2, 0) is 11.3 Å². The van der Waals surface area contributed by atoms with E-state index in [0.29, 0.717) is 0 Å². The Balaban J connectivity index is 2.92. The Morgan fingerprint density at radius 2 is 2.22 bits per heavy atom. The average Bonchev–Trinajstić information content (AvgIpc) is 2.65. The second kappa shape index (κ2) is 5.69. The van der Waals surface area contributed by atoms with Gasteiger partial charge in [-0.3, -0.25) is 9.36 Å². The Kier molecular flexibility index (Phi) is 4.27. The molecule has 7 nitrogen and oxygen atoms in total. The number of amides is 1. The fourth-order valence-electron chi connectivity index (χ4n) is 1.39. The van der Waals surface area contributed by atoms with Gasteiger partial charge >= 0.3 is 0 Å². The number of aromatic nitrogens is 2. The highest BCUT2D eigenvalue weighted by atomic mass is 16.2. The second-order valence-corrected chi connectivity index (χ2v) is 3.85. The summed E-state index contributed by atoms with van der Waals surface area (Å²) in [4.78, 5) is 15.4. The summed E-state index contributed by atoms with van der Waals surface area (Å²) in [6, 6.07) is 3.64. The summed E-state index contributed by atoms with van der Waals surface area (Å²) >= 11 is 0. The minimum Gasteiger partial charge on any atom is -0.369 e. The van der Waals surface area contributed by atoms with Crippen molar-refractivity contribution in [3.05, 3.63) is 11.4 Å². The molecule has 0 saturated heterocycles. The van der Waals surface area contributed by atoms with Gasteiger partial charge in [0.05, 0.1) is 0 Å². The van der Waals surface area contributed by atoms with Crippen LogP contribution < -0.4 is 11.1 Å². The Hall–Kier alpha value is -2.54. The molecule has 1 aromatic rings. The highest BCUT2D eigenvalue weighted by molar-refractivity contribution is 5.76. The van der Waals surface area contributed by atoms with E-state index >= 15 is 0 Å². The molecule has 0 fully saturated rings. The van der Waals surface area contributed by atoms with E-state index in [1.807, 2.05) is 19.9 Å². The number of nitrogens with zero attached hydrogens (tertiary/aromatic N) is 4. The number of hydrogen-bond acceptors (Lipinski definition) is 5. The van der Waals surface area contributed by atoms with Crippen LogP contribution in [0.25, 0.3) is 0 Å². The van der Waals surface area contributed by atoms with Crippen LogP contribution in [-0.4, -0.2) is 21.5 Å². The number of hydrogen-bond donors (Lipinski definition) is 2. The molecule has 0 aliphatic rings. The van der Waals surface area contributed by atoms with Crippen molar-refractivity contribution in [2.45, 2.75) is 32.9 Å². The third-order valence-corrected chi connectivity index (χ3v) is 2.53. The molecular formula is C11H14N6O. The first-order valence-corrected chi connectivity index (χ1v) is 5.49. The van der Waals surface area contributed by atoms with Gasteiger partial charge in [-0.2, -0.15) is 10.5 Å². The van der Waals surface area contributed by atoms with E-state index in [1.165, 1.54) is 4.57 Å². The fraction of sp³-hybridized carbons (Fsp3) is 0.455. The van der Waals surface area contributed by atoms with Crippen molar-refractivity contribution in [3.63, 3.8) is 0 Å². The van der Waals surface area contributed by atoms with Gasteiger partial charge in [0.2, 0.25) is 11.9 Å². The standard InChI is InChI=1S/C11H14N6O/c1-3-7(2)15-10(18)6-17-9(5-13)8(4-12)16-11(17)14/h7H,3,6H2,1-2H3,(H2,14,16)(H,15,18)/t7-/m1/s1. The third kappa shape index (κ3) is 2.77. The van der Waals surface area contributed by atoms with E-state index in [0.717, 1.165) is 6.42 Å². The molecule has 1 rings (SSSR count). The lowest BCUT2D eigenvalue weighted by atomic mass is 10.2. The summed E-state index contributed by atoms with van der Waals surface area (Å²) in [7, 11) is 0. The Morgan fingerprint density at radius 1 is 1.56 bits per heavy atom. The van der Waals surface area contributed by atoms with Crippen LogP contribution in [0.3, 0.4) is 0 Å². The first kappa shape index (κ1) is 13.5. The van der Waals surface area contributed by atoms with Gasteiger partial charge in [0, 0.05) is 6.04 Å². The zero-order valence-electron chi connectivity index (χ0n) is 10.3. The zero-order valence-corrected chi connectivity index (χ0v) is 10.3. The zero-order chi connectivity index (χ0) is 13.7. The van der Waals surface area contributed by atoms with Gasteiger partial charge in [0.1, 0.15) is 18.7 Å². The molecular weight excluding hydrogens is 232 g/mol. The Labute approximate surface area is 105 Å². The summed E-state index contributed by atoms with van der Waals surface area (Å²) < 4.78 is 1.23. The molecule has 1 heterocycles. The van der Waals surface area contributed by atoms with Crippen LogP contribution in [0.4, 0.5) is 5.95 Å². The molecule has 3 N–H and O–H groups in total. The quantitative estimate of drug-likeness (QED) is 0.781. The van der Waals surface area contributed by atoms with Crippen LogP contribution in [0.5, 0.6) is 0 Å².